The van der Waals surface area contributed by atoms with Gasteiger partial charge in [-0.3, -0.25) is 0 Å². The number of carboxylic acid groups (broad SMARTS) is 1. The van der Waals surface area contributed by atoms with Crippen LogP contribution < -0.4 is 0 Å². The molecular formula is C10H14N2O3. The minimum absolute atomic E-state index is 0.210. The number of aliphatic carboxylic acids is 1. The second-order valence-corrected chi connectivity index (χ2v) is 3.18. The molecule has 1 atom stereocenters. The molecule has 82 valence electrons. The first-order valence-corrected chi connectivity index (χ1v) is 4.71. The number of carbonyl (C=O) groups is 1. The standard InChI is InChI=1S/C10H14N2O3/c1-4-15-8(10(13)14)9-11-6(2)5-7(3)12-9/h5,8H,4H2,1-3H3,(H,13,14). The minimum atomic E-state index is -1.08. The van der Waals surface area contributed by atoms with Gasteiger partial charge in [0, 0.05) is 18.0 Å². The van der Waals surface area contributed by atoms with Crippen LogP contribution in [0.5, 0.6) is 0 Å². The zero-order chi connectivity index (χ0) is 11.4. The monoisotopic (exact) mass is 210 g/mol. The highest BCUT2D eigenvalue weighted by molar-refractivity contribution is 5.73. The molecule has 1 aromatic rings. The van der Waals surface area contributed by atoms with Crippen molar-refractivity contribution >= 4 is 5.97 Å². The molecule has 0 radical (unpaired) electrons. The van der Waals surface area contributed by atoms with Gasteiger partial charge in [-0.1, -0.05) is 0 Å². The van der Waals surface area contributed by atoms with Gasteiger partial charge in [-0.15, -0.1) is 0 Å². The number of carboxylic acids is 1. The Bertz CT molecular complexity index is 345. The Kier molecular flexibility index (Phi) is 3.74. The third-order valence-electron chi connectivity index (χ3n) is 1.79. The van der Waals surface area contributed by atoms with Gasteiger partial charge < -0.3 is 9.84 Å². The van der Waals surface area contributed by atoms with Crippen LogP contribution in [0.3, 0.4) is 0 Å². The van der Waals surface area contributed by atoms with Gasteiger partial charge in [-0.05, 0) is 26.8 Å². The van der Waals surface area contributed by atoms with Gasteiger partial charge in [0.1, 0.15) is 0 Å². The van der Waals surface area contributed by atoms with E-state index in [2.05, 4.69) is 9.97 Å². The molecule has 1 unspecified atom stereocenters. The lowest BCUT2D eigenvalue weighted by Gasteiger charge is -2.11. The Hall–Kier alpha value is -1.49. The Morgan fingerprint density at radius 1 is 1.47 bits per heavy atom. The van der Waals surface area contributed by atoms with Crippen LogP contribution in [-0.2, 0) is 9.53 Å². The summed E-state index contributed by atoms with van der Waals surface area (Å²) in [4.78, 5) is 19.0. The van der Waals surface area contributed by atoms with E-state index in [9.17, 15) is 4.79 Å². The number of rotatable bonds is 4. The Morgan fingerprint density at radius 3 is 2.40 bits per heavy atom. The summed E-state index contributed by atoms with van der Waals surface area (Å²) >= 11 is 0. The minimum Gasteiger partial charge on any atom is -0.479 e. The number of hydrogen-bond donors (Lipinski definition) is 1. The van der Waals surface area contributed by atoms with Crippen LogP contribution in [0, 0.1) is 13.8 Å². The second kappa shape index (κ2) is 4.84. The van der Waals surface area contributed by atoms with E-state index in [1.807, 2.05) is 0 Å². The predicted molar refractivity (Wildman–Crippen MR) is 53.5 cm³/mol. The van der Waals surface area contributed by atoms with Crippen LogP contribution >= 0.6 is 0 Å². The van der Waals surface area contributed by atoms with E-state index >= 15 is 0 Å². The molecule has 0 aliphatic rings. The van der Waals surface area contributed by atoms with E-state index in [4.69, 9.17) is 9.84 Å². The molecular weight excluding hydrogens is 196 g/mol. The molecule has 1 N–H and O–H groups in total. The molecule has 0 aliphatic carbocycles. The molecule has 0 fully saturated rings. The fourth-order valence-corrected chi connectivity index (χ4v) is 1.29. The van der Waals surface area contributed by atoms with Crippen molar-refractivity contribution in [1.82, 2.24) is 9.97 Å². The highest BCUT2D eigenvalue weighted by Crippen LogP contribution is 2.14. The summed E-state index contributed by atoms with van der Waals surface area (Å²) in [5.41, 5.74) is 1.48. The number of ether oxygens (including phenoxy) is 1. The van der Waals surface area contributed by atoms with Crippen molar-refractivity contribution in [2.75, 3.05) is 6.61 Å². The van der Waals surface area contributed by atoms with Crippen molar-refractivity contribution in [1.29, 1.82) is 0 Å². The van der Waals surface area contributed by atoms with Crippen LogP contribution in [-0.4, -0.2) is 27.7 Å². The normalized spacial score (nSPS) is 12.5. The lowest BCUT2D eigenvalue weighted by Crippen LogP contribution is -2.19. The van der Waals surface area contributed by atoms with Crippen molar-refractivity contribution < 1.29 is 14.6 Å². The zero-order valence-electron chi connectivity index (χ0n) is 9.02. The molecule has 5 heteroatoms. The summed E-state index contributed by atoms with van der Waals surface area (Å²) in [5.74, 6) is -0.858. The van der Waals surface area contributed by atoms with Crippen LogP contribution in [0.2, 0.25) is 0 Å². The summed E-state index contributed by atoms with van der Waals surface area (Å²) < 4.78 is 5.07. The molecule has 5 nitrogen and oxygen atoms in total. The molecule has 0 saturated heterocycles. The van der Waals surface area contributed by atoms with Gasteiger partial charge >= 0.3 is 5.97 Å². The largest absolute Gasteiger partial charge is 0.479 e. The maximum atomic E-state index is 10.9. The van der Waals surface area contributed by atoms with E-state index in [1.165, 1.54) is 0 Å². The highest BCUT2D eigenvalue weighted by Gasteiger charge is 2.23. The summed E-state index contributed by atoms with van der Waals surface area (Å²) in [6, 6.07) is 1.79. The lowest BCUT2D eigenvalue weighted by atomic mass is 10.3. The molecule has 1 aromatic heterocycles. The van der Waals surface area contributed by atoms with E-state index < -0.39 is 12.1 Å². The number of nitrogens with zero attached hydrogens (tertiary/aromatic N) is 2. The molecule has 0 spiro atoms. The summed E-state index contributed by atoms with van der Waals surface area (Å²) in [5, 5.41) is 8.93. The van der Waals surface area contributed by atoms with Crippen molar-refractivity contribution in [3.05, 3.63) is 23.3 Å². The fourth-order valence-electron chi connectivity index (χ4n) is 1.29. The van der Waals surface area contributed by atoms with Crippen molar-refractivity contribution in [2.24, 2.45) is 0 Å². The van der Waals surface area contributed by atoms with Gasteiger partial charge in [-0.25, -0.2) is 14.8 Å². The van der Waals surface area contributed by atoms with E-state index in [-0.39, 0.29) is 5.82 Å². The van der Waals surface area contributed by atoms with Gasteiger partial charge in [0.15, 0.2) is 5.82 Å². The van der Waals surface area contributed by atoms with Crippen LogP contribution in [0.25, 0.3) is 0 Å². The molecule has 0 bridgehead atoms. The topological polar surface area (TPSA) is 72.3 Å². The van der Waals surface area contributed by atoms with Gasteiger partial charge in [0.25, 0.3) is 0 Å². The third-order valence-corrected chi connectivity index (χ3v) is 1.79. The molecule has 0 aliphatic heterocycles. The maximum Gasteiger partial charge on any atom is 0.340 e. The smallest absolute Gasteiger partial charge is 0.340 e. The Balaban J connectivity index is 3.05. The molecule has 0 aromatic carbocycles. The number of hydrogen-bond acceptors (Lipinski definition) is 4. The summed E-state index contributed by atoms with van der Waals surface area (Å²) in [7, 11) is 0. The second-order valence-electron chi connectivity index (χ2n) is 3.18. The Morgan fingerprint density at radius 2 is 2.00 bits per heavy atom. The van der Waals surface area contributed by atoms with E-state index in [0.717, 1.165) is 11.4 Å². The van der Waals surface area contributed by atoms with Gasteiger partial charge in [0.05, 0.1) is 0 Å². The molecule has 1 rings (SSSR count). The first-order valence-electron chi connectivity index (χ1n) is 4.71. The summed E-state index contributed by atoms with van der Waals surface area (Å²) in [6.07, 6.45) is -1.08. The van der Waals surface area contributed by atoms with Crippen molar-refractivity contribution in [2.45, 2.75) is 26.9 Å². The van der Waals surface area contributed by atoms with Crippen molar-refractivity contribution in [3.63, 3.8) is 0 Å². The van der Waals surface area contributed by atoms with E-state index in [0.29, 0.717) is 6.61 Å². The zero-order valence-corrected chi connectivity index (χ0v) is 9.02. The molecule has 15 heavy (non-hydrogen) atoms. The van der Waals surface area contributed by atoms with Crippen LogP contribution in [0.15, 0.2) is 6.07 Å². The Labute approximate surface area is 88.1 Å². The van der Waals surface area contributed by atoms with Crippen molar-refractivity contribution in [3.8, 4) is 0 Å². The van der Waals surface area contributed by atoms with Gasteiger partial charge in [-0.2, -0.15) is 0 Å². The molecule has 0 amide bonds. The number of aromatic nitrogens is 2. The van der Waals surface area contributed by atoms with Crippen LogP contribution in [0.4, 0.5) is 0 Å². The highest BCUT2D eigenvalue weighted by atomic mass is 16.5. The lowest BCUT2D eigenvalue weighted by molar-refractivity contribution is -0.151. The SMILES string of the molecule is CCOC(C(=O)O)c1nc(C)cc(C)n1. The average Bonchev–Trinajstić information content (AvgIpc) is 2.11. The first kappa shape index (κ1) is 11.6. The fraction of sp³-hybridized carbons (Fsp3) is 0.500. The molecule has 0 saturated carbocycles. The first-order chi connectivity index (χ1) is 7.04. The predicted octanol–water partition coefficient (Wildman–Crippen LogP) is 1.26. The quantitative estimate of drug-likeness (QED) is 0.809. The van der Waals surface area contributed by atoms with E-state index in [1.54, 1.807) is 26.8 Å². The summed E-state index contributed by atoms with van der Waals surface area (Å²) in [6.45, 7) is 5.64. The van der Waals surface area contributed by atoms with Crippen LogP contribution in [0.1, 0.15) is 30.2 Å². The average molecular weight is 210 g/mol. The molecule has 1 heterocycles. The maximum absolute atomic E-state index is 10.9. The van der Waals surface area contributed by atoms with Gasteiger partial charge in [0.2, 0.25) is 6.10 Å². The third kappa shape index (κ3) is 2.99. The number of aryl methyl sites for hydroxylation is 2.